The minimum absolute atomic E-state index is 0.0939. The second kappa shape index (κ2) is 6.58. The van der Waals surface area contributed by atoms with Crippen LogP contribution in [-0.4, -0.2) is 39.0 Å². The third kappa shape index (κ3) is 3.07. The van der Waals surface area contributed by atoms with E-state index in [-0.39, 0.29) is 11.9 Å². The highest BCUT2D eigenvalue weighted by Crippen LogP contribution is 2.21. The normalized spacial score (nSPS) is 12.5. The molecular weight excluding hydrogens is 290 g/mol. The van der Waals surface area contributed by atoms with Crippen LogP contribution < -0.4 is 5.32 Å². The average Bonchev–Trinajstić information content (AvgIpc) is 3.05. The van der Waals surface area contributed by atoms with E-state index >= 15 is 0 Å². The summed E-state index contributed by atoms with van der Waals surface area (Å²) in [6, 6.07) is 12.9. The molecule has 0 saturated carbocycles. The van der Waals surface area contributed by atoms with Crippen molar-refractivity contribution in [3.63, 3.8) is 0 Å². The Labute approximate surface area is 134 Å². The minimum atomic E-state index is -0.361. The van der Waals surface area contributed by atoms with Gasteiger partial charge in [0, 0.05) is 12.3 Å². The molecule has 0 spiro atoms. The van der Waals surface area contributed by atoms with Crippen LogP contribution in [0, 0.1) is 0 Å². The summed E-state index contributed by atoms with van der Waals surface area (Å²) in [4.78, 5) is 19.1. The standard InChI is InChI=1S/C17H19N5O/c1-3-21(2)16(13-7-5-4-6-8-13)17(23)20-15-9-11-18-14-10-12-19-22(14)15/h4-12,16H,3H2,1-2H3,(H,20,23)/t16-/m0/s1. The zero-order chi connectivity index (χ0) is 16.2. The maximum absolute atomic E-state index is 12.9. The van der Waals surface area contributed by atoms with E-state index in [9.17, 15) is 4.79 Å². The van der Waals surface area contributed by atoms with Gasteiger partial charge in [0.1, 0.15) is 11.9 Å². The number of hydrogen-bond donors (Lipinski definition) is 1. The number of carbonyl (C=O) groups is 1. The molecule has 1 N–H and O–H groups in total. The molecule has 3 aromatic rings. The number of carbonyl (C=O) groups excluding carboxylic acids is 1. The van der Waals surface area contributed by atoms with Crippen molar-refractivity contribution >= 4 is 17.4 Å². The summed E-state index contributed by atoms with van der Waals surface area (Å²) in [5.41, 5.74) is 1.66. The maximum atomic E-state index is 12.9. The summed E-state index contributed by atoms with van der Waals surface area (Å²) in [6.07, 6.45) is 3.32. The molecule has 2 aromatic heterocycles. The van der Waals surface area contributed by atoms with Crippen molar-refractivity contribution in [2.45, 2.75) is 13.0 Å². The van der Waals surface area contributed by atoms with Gasteiger partial charge in [-0.2, -0.15) is 9.61 Å². The Morgan fingerprint density at radius 1 is 1.22 bits per heavy atom. The molecule has 6 heteroatoms. The van der Waals surface area contributed by atoms with Gasteiger partial charge in [0.2, 0.25) is 5.91 Å². The molecule has 6 nitrogen and oxygen atoms in total. The number of aromatic nitrogens is 3. The second-order valence-electron chi connectivity index (χ2n) is 5.31. The average molecular weight is 309 g/mol. The molecule has 1 atom stereocenters. The highest BCUT2D eigenvalue weighted by Gasteiger charge is 2.24. The third-order valence-electron chi connectivity index (χ3n) is 3.84. The van der Waals surface area contributed by atoms with E-state index in [1.807, 2.05) is 49.2 Å². The molecule has 2 heterocycles. The molecule has 1 aromatic carbocycles. The molecule has 0 fully saturated rings. The fraction of sp³-hybridized carbons (Fsp3) is 0.235. The molecule has 0 unspecified atom stereocenters. The molecule has 23 heavy (non-hydrogen) atoms. The molecule has 0 aliphatic carbocycles. The van der Waals surface area contributed by atoms with E-state index in [0.717, 1.165) is 12.1 Å². The number of nitrogens with one attached hydrogen (secondary N) is 1. The number of amides is 1. The lowest BCUT2D eigenvalue weighted by molar-refractivity contribution is -0.121. The molecule has 1 amide bonds. The van der Waals surface area contributed by atoms with Crippen LogP contribution in [0.25, 0.3) is 5.65 Å². The SMILES string of the molecule is CCN(C)[C@H](C(=O)Nc1ccnc2ccnn12)c1ccccc1. The Kier molecular flexibility index (Phi) is 4.34. The van der Waals surface area contributed by atoms with Crippen LogP contribution in [0.4, 0.5) is 5.82 Å². The van der Waals surface area contributed by atoms with Gasteiger partial charge in [-0.15, -0.1) is 0 Å². The van der Waals surface area contributed by atoms with E-state index in [1.54, 1.807) is 29.0 Å². The van der Waals surface area contributed by atoms with Crippen LogP contribution in [0.5, 0.6) is 0 Å². The quantitative estimate of drug-likeness (QED) is 0.786. The fourth-order valence-electron chi connectivity index (χ4n) is 2.55. The van der Waals surface area contributed by atoms with Crippen LogP contribution in [0.2, 0.25) is 0 Å². The first kappa shape index (κ1) is 15.2. The zero-order valence-corrected chi connectivity index (χ0v) is 13.2. The lowest BCUT2D eigenvalue weighted by atomic mass is 10.0. The largest absolute Gasteiger partial charge is 0.309 e. The first-order valence-corrected chi connectivity index (χ1v) is 7.55. The minimum Gasteiger partial charge on any atom is -0.309 e. The molecule has 0 radical (unpaired) electrons. The molecule has 0 aliphatic heterocycles. The number of hydrogen-bond acceptors (Lipinski definition) is 4. The summed E-state index contributed by atoms with van der Waals surface area (Å²) in [6.45, 7) is 2.79. The highest BCUT2D eigenvalue weighted by atomic mass is 16.2. The molecule has 0 bridgehead atoms. The molecular formula is C17H19N5O. The van der Waals surface area contributed by atoms with Gasteiger partial charge in [-0.3, -0.25) is 9.69 Å². The second-order valence-corrected chi connectivity index (χ2v) is 5.31. The van der Waals surface area contributed by atoms with Gasteiger partial charge >= 0.3 is 0 Å². The Bertz CT molecular complexity index is 799. The summed E-state index contributed by atoms with van der Waals surface area (Å²) < 4.78 is 1.62. The van der Waals surface area contributed by atoms with E-state index in [2.05, 4.69) is 15.4 Å². The van der Waals surface area contributed by atoms with Crippen molar-refractivity contribution in [1.29, 1.82) is 0 Å². The van der Waals surface area contributed by atoms with Crippen molar-refractivity contribution in [2.24, 2.45) is 0 Å². The van der Waals surface area contributed by atoms with Crippen LogP contribution in [0.15, 0.2) is 54.9 Å². The van der Waals surface area contributed by atoms with Gasteiger partial charge in [-0.25, -0.2) is 4.98 Å². The number of nitrogens with zero attached hydrogens (tertiary/aromatic N) is 4. The number of anilines is 1. The highest BCUT2D eigenvalue weighted by molar-refractivity contribution is 5.95. The Balaban J connectivity index is 1.91. The molecule has 0 saturated heterocycles. The van der Waals surface area contributed by atoms with Gasteiger partial charge < -0.3 is 5.32 Å². The number of likely N-dealkylation sites (N-methyl/N-ethyl adjacent to an activating group) is 1. The van der Waals surface area contributed by atoms with Crippen molar-refractivity contribution < 1.29 is 4.79 Å². The van der Waals surface area contributed by atoms with Crippen LogP contribution in [0.3, 0.4) is 0 Å². The number of benzene rings is 1. The van der Waals surface area contributed by atoms with Crippen molar-refractivity contribution in [3.8, 4) is 0 Å². The lowest BCUT2D eigenvalue weighted by Crippen LogP contribution is -2.35. The lowest BCUT2D eigenvalue weighted by Gasteiger charge is -2.26. The van der Waals surface area contributed by atoms with Gasteiger partial charge in [0.25, 0.3) is 0 Å². The predicted octanol–water partition coefficient (Wildman–Crippen LogP) is 2.36. The number of fused-ring (bicyclic) bond motifs is 1. The third-order valence-corrected chi connectivity index (χ3v) is 3.84. The van der Waals surface area contributed by atoms with E-state index in [1.165, 1.54) is 0 Å². The smallest absolute Gasteiger partial charge is 0.247 e. The molecule has 0 aliphatic rings. The first-order valence-electron chi connectivity index (χ1n) is 7.55. The zero-order valence-electron chi connectivity index (χ0n) is 13.2. The first-order chi connectivity index (χ1) is 11.2. The van der Waals surface area contributed by atoms with Crippen LogP contribution in [0.1, 0.15) is 18.5 Å². The van der Waals surface area contributed by atoms with Gasteiger partial charge in [-0.1, -0.05) is 37.3 Å². The summed E-state index contributed by atoms with van der Waals surface area (Å²) in [7, 11) is 1.94. The van der Waals surface area contributed by atoms with E-state index < -0.39 is 0 Å². The fourth-order valence-corrected chi connectivity index (χ4v) is 2.55. The number of rotatable bonds is 5. The Hall–Kier alpha value is -2.73. The van der Waals surface area contributed by atoms with Gasteiger partial charge in [0.15, 0.2) is 5.65 Å². The van der Waals surface area contributed by atoms with Crippen molar-refractivity contribution in [1.82, 2.24) is 19.5 Å². The van der Waals surface area contributed by atoms with E-state index in [4.69, 9.17) is 0 Å². The summed E-state index contributed by atoms with van der Waals surface area (Å²) in [5.74, 6) is 0.513. The van der Waals surface area contributed by atoms with Crippen LogP contribution in [-0.2, 0) is 4.79 Å². The molecule has 3 rings (SSSR count). The van der Waals surface area contributed by atoms with Crippen LogP contribution >= 0.6 is 0 Å². The predicted molar refractivity (Wildman–Crippen MR) is 89.1 cm³/mol. The maximum Gasteiger partial charge on any atom is 0.247 e. The van der Waals surface area contributed by atoms with Gasteiger partial charge in [-0.05, 0) is 25.2 Å². The van der Waals surface area contributed by atoms with Gasteiger partial charge in [0.05, 0.1) is 6.20 Å². The van der Waals surface area contributed by atoms with Crippen molar-refractivity contribution in [2.75, 3.05) is 18.9 Å². The molecule has 118 valence electrons. The Morgan fingerprint density at radius 2 is 2.00 bits per heavy atom. The summed E-state index contributed by atoms with van der Waals surface area (Å²) >= 11 is 0. The topological polar surface area (TPSA) is 62.5 Å². The van der Waals surface area contributed by atoms with E-state index in [0.29, 0.717) is 11.5 Å². The summed E-state index contributed by atoms with van der Waals surface area (Å²) in [5, 5.41) is 7.16. The van der Waals surface area contributed by atoms with Crippen molar-refractivity contribution in [3.05, 3.63) is 60.4 Å². The monoisotopic (exact) mass is 309 g/mol. The Morgan fingerprint density at radius 3 is 2.74 bits per heavy atom.